The minimum Gasteiger partial charge on any atom is -0.302 e. The minimum atomic E-state index is 0.681. The number of likely N-dealkylation sites (tertiary alicyclic amines) is 1. The van der Waals surface area contributed by atoms with E-state index in [-0.39, 0.29) is 0 Å². The number of rotatable bonds is 3. The van der Waals surface area contributed by atoms with Crippen molar-refractivity contribution < 1.29 is 0 Å². The fourth-order valence-electron chi connectivity index (χ4n) is 2.19. The molecule has 1 saturated carbocycles. The summed E-state index contributed by atoms with van der Waals surface area (Å²) in [6, 6.07) is 0. The lowest BCUT2D eigenvalue weighted by atomic mass is 9.99. The molecule has 0 bridgehead atoms. The van der Waals surface area contributed by atoms with Crippen LogP contribution in [0.5, 0.6) is 0 Å². The molecule has 1 nitrogen and oxygen atoms in total. The van der Waals surface area contributed by atoms with Gasteiger partial charge in [0.15, 0.2) is 0 Å². The molecule has 0 amide bonds. The third-order valence-electron chi connectivity index (χ3n) is 3.63. The highest BCUT2D eigenvalue weighted by Crippen LogP contribution is 2.47. The average Bonchev–Trinajstić information content (AvgIpc) is 2.90. The maximum atomic E-state index is 2.68. The molecule has 0 spiro atoms. The first kappa shape index (κ1) is 9.85. The highest BCUT2D eigenvalue weighted by atomic mass is 32.2. The molecular weight excluding hydrogens is 178 g/mol. The van der Waals surface area contributed by atoms with E-state index >= 15 is 0 Å². The van der Waals surface area contributed by atoms with E-state index < -0.39 is 0 Å². The maximum absolute atomic E-state index is 2.68. The summed E-state index contributed by atoms with van der Waals surface area (Å²) in [5, 5.41) is 0. The van der Waals surface area contributed by atoms with Crippen LogP contribution in [0.3, 0.4) is 0 Å². The van der Waals surface area contributed by atoms with Gasteiger partial charge in [-0.2, -0.15) is 11.8 Å². The monoisotopic (exact) mass is 199 g/mol. The first-order valence-corrected chi connectivity index (χ1v) is 6.74. The Hall–Kier alpha value is 0.310. The Bertz CT molecular complexity index is 169. The van der Waals surface area contributed by atoms with Crippen LogP contribution in [0.2, 0.25) is 0 Å². The molecule has 1 saturated heterocycles. The third kappa shape index (κ3) is 2.41. The van der Waals surface area contributed by atoms with Gasteiger partial charge in [-0.15, -0.1) is 0 Å². The van der Waals surface area contributed by atoms with Gasteiger partial charge in [0.05, 0.1) is 0 Å². The second-order valence-corrected chi connectivity index (χ2v) is 6.12. The van der Waals surface area contributed by atoms with Crippen LogP contribution in [0.1, 0.15) is 32.6 Å². The Kier molecular flexibility index (Phi) is 2.89. The summed E-state index contributed by atoms with van der Waals surface area (Å²) < 4.78 is 0.681. The molecule has 0 aromatic heterocycles. The zero-order chi connectivity index (χ0) is 9.31. The second-order valence-electron chi connectivity index (χ2n) is 4.85. The summed E-state index contributed by atoms with van der Waals surface area (Å²) in [7, 11) is 0. The predicted molar refractivity (Wildman–Crippen MR) is 60.3 cm³/mol. The molecule has 0 atom stereocenters. The lowest BCUT2D eigenvalue weighted by Gasteiger charge is -2.32. The van der Waals surface area contributed by atoms with Gasteiger partial charge in [-0.25, -0.2) is 0 Å². The lowest BCUT2D eigenvalue weighted by molar-refractivity contribution is 0.190. The fraction of sp³-hybridized carbons (Fsp3) is 1.00. The van der Waals surface area contributed by atoms with E-state index in [1.807, 2.05) is 0 Å². The highest BCUT2D eigenvalue weighted by Gasteiger charge is 2.43. The van der Waals surface area contributed by atoms with Crippen molar-refractivity contribution in [3.8, 4) is 0 Å². The summed E-state index contributed by atoms with van der Waals surface area (Å²) in [6.45, 7) is 6.45. The first-order chi connectivity index (χ1) is 6.24. The standard InChI is InChI=1S/C11H21NS/c1-10-3-7-12(8-4-10)9-11(13-2)5-6-11/h10H,3-9H2,1-2H3. The molecule has 2 aliphatic rings. The number of thioether (sulfide) groups is 1. The Labute approximate surface area is 86.3 Å². The van der Waals surface area contributed by atoms with Gasteiger partial charge in [0.25, 0.3) is 0 Å². The smallest absolute Gasteiger partial charge is 0.0285 e. The predicted octanol–water partition coefficient (Wildman–Crippen LogP) is 2.61. The third-order valence-corrected chi connectivity index (χ3v) is 5.03. The highest BCUT2D eigenvalue weighted by molar-refractivity contribution is 8.00. The lowest BCUT2D eigenvalue weighted by Crippen LogP contribution is -2.38. The van der Waals surface area contributed by atoms with Crippen molar-refractivity contribution in [1.29, 1.82) is 0 Å². The van der Waals surface area contributed by atoms with Gasteiger partial charge in [0.2, 0.25) is 0 Å². The second kappa shape index (κ2) is 3.82. The Morgan fingerprint density at radius 3 is 2.38 bits per heavy atom. The molecule has 0 unspecified atom stereocenters. The van der Waals surface area contributed by atoms with Gasteiger partial charge in [-0.3, -0.25) is 0 Å². The normalized spacial score (nSPS) is 29.1. The number of nitrogens with zero attached hydrogens (tertiary/aromatic N) is 1. The van der Waals surface area contributed by atoms with Crippen LogP contribution in [0.25, 0.3) is 0 Å². The van der Waals surface area contributed by atoms with E-state index in [2.05, 4.69) is 29.8 Å². The number of piperidine rings is 1. The van der Waals surface area contributed by atoms with E-state index in [4.69, 9.17) is 0 Å². The van der Waals surface area contributed by atoms with Crippen LogP contribution >= 0.6 is 11.8 Å². The molecule has 1 aliphatic carbocycles. The van der Waals surface area contributed by atoms with Crippen molar-refractivity contribution in [3.05, 3.63) is 0 Å². The number of hydrogen-bond acceptors (Lipinski definition) is 2. The van der Waals surface area contributed by atoms with Crippen LogP contribution in [-0.4, -0.2) is 35.5 Å². The summed E-state index contributed by atoms with van der Waals surface area (Å²) >= 11 is 2.09. The summed E-state index contributed by atoms with van der Waals surface area (Å²) in [5.74, 6) is 0.973. The van der Waals surface area contributed by atoms with Crippen LogP contribution in [0.4, 0.5) is 0 Å². The van der Waals surface area contributed by atoms with Crippen molar-refractivity contribution >= 4 is 11.8 Å². The Morgan fingerprint density at radius 2 is 1.92 bits per heavy atom. The maximum Gasteiger partial charge on any atom is 0.0285 e. The molecule has 13 heavy (non-hydrogen) atoms. The molecule has 2 heteroatoms. The van der Waals surface area contributed by atoms with Gasteiger partial charge in [0.1, 0.15) is 0 Å². The van der Waals surface area contributed by atoms with Crippen molar-refractivity contribution in [3.63, 3.8) is 0 Å². The minimum absolute atomic E-state index is 0.681. The largest absolute Gasteiger partial charge is 0.302 e. The van der Waals surface area contributed by atoms with E-state index in [0.717, 1.165) is 5.92 Å². The van der Waals surface area contributed by atoms with Gasteiger partial charge in [-0.1, -0.05) is 6.92 Å². The fourth-order valence-corrected chi connectivity index (χ4v) is 3.02. The Morgan fingerprint density at radius 1 is 1.31 bits per heavy atom. The van der Waals surface area contributed by atoms with Gasteiger partial charge >= 0.3 is 0 Å². The molecule has 1 heterocycles. The molecule has 0 radical (unpaired) electrons. The molecule has 0 aromatic rings. The molecule has 2 fully saturated rings. The molecule has 0 aromatic carbocycles. The van der Waals surface area contributed by atoms with Crippen LogP contribution in [-0.2, 0) is 0 Å². The summed E-state index contributed by atoms with van der Waals surface area (Å²) in [5.41, 5.74) is 0. The Balaban J connectivity index is 1.76. The van der Waals surface area contributed by atoms with E-state index in [9.17, 15) is 0 Å². The average molecular weight is 199 g/mol. The van der Waals surface area contributed by atoms with Crippen LogP contribution in [0, 0.1) is 5.92 Å². The van der Waals surface area contributed by atoms with Crippen LogP contribution < -0.4 is 0 Å². The molecule has 1 aliphatic heterocycles. The SMILES string of the molecule is CSC1(CN2CCC(C)CC2)CC1. The summed E-state index contributed by atoms with van der Waals surface area (Å²) in [4.78, 5) is 2.68. The van der Waals surface area contributed by atoms with E-state index in [1.165, 1.54) is 45.3 Å². The van der Waals surface area contributed by atoms with Gasteiger partial charge in [0, 0.05) is 11.3 Å². The zero-order valence-electron chi connectivity index (χ0n) is 8.88. The van der Waals surface area contributed by atoms with Crippen molar-refractivity contribution in [2.24, 2.45) is 5.92 Å². The van der Waals surface area contributed by atoms with Crippen molar-refractivity contribution in [2.75, 3.05) is 25.9 Å². The molecule has 2 rings (SSSR count). The molecule has 76 valence electrons. The topological polar surface area (TPSA) is 3.24 Å². The first-order valence-electron chi connectivity index (χ1n) is 5.52. The number of hydrogen-bond donors (Lipinski definition) is 0. The van der Waals surface area contributed by atoms with E-state index in [1.54, 1.807) is 0 Å². The van der Waals surface area contributed by atoms with Crippen molar-refractivity contribution in [1.82, 2.24) is 4.90 Å². The van der Waals surface area contributed by atoms with E-state index in [0.29, 0.717) is 4.75 Å². The van der Waals surface area contributed by atoms with Gasteiger partial charge < -0.3 is 4.90 Å². The molecule has 0 N–H and O–H groups in total. The quantitative estimate of drug-likeness (QED) is 0.687. The zero-order valence-corrected chi connectivity index (χ0v) is 9.70. The van der Waals surface area contributed by atoms with Gasteiger partial charge in [-0.05, 0) is 50.9 Å². The van der Waals surface area contributed by atoms with Crippen LogP contribution in [0.15, 0.2) is 0 Å². The molecular formula is C11H21NS. The van der Waals surface area contributed by atoms with Crippen molar-refractivity contribution in [2.45, 2.75) is 37.4 Å². The summed E-state index contributed by atoms with van der Waals surface area (Å²) in [6.07, 6.45) is 8.04.